The second-order valence-corrected chi connectivity index (χ2v) is 9.08. The summed E-state index contributed by atoms with van der Waals surface area (Å²) < 4.78 is 7.33. The van der Waals surface area contributed by atoms with Crippen LogP contribution in [0.25, 0.3) is 0 Å². The largest absolute Gasteiger partial charge is 0.444 e. The first kappa shape index (κ1) is 21.1. The Balaban J connectivity index is 1.24. The first-order valence-electron chi connectivity index (χ1n) is 10.6. The van der Waals surface area contributed by atoms with Crippen LogP contribution in [-0.4, -0.2) is 68.7 Å². The van der Waals surface area contributed by atoms with Crippen molar-refractivity contribution in [3.05, 3.63) is 30.7 Å². The molecule has 2 aromatic heterocycles. The van der Waals surface area contributed by atoms with Crippen LogP contribution in [-0.2, 0) is 9.53 Å². The second kappa shape index (κ2) is 8.52. The lowest BCUT2D eigenvalue weighted by molar-refractivity contribution is -0.120. The number of rotatable bonds is 4. The lowest BCUT2D eigenvalue weighted by atomic mass is 9.99. The van der Waals surface area contributed by atoms with E-state index in [9.17, 15) is 9.59 Å². The van der Waals surface area contributed by atoms with Gasteiger partial charge in [-0.05, 0) is 45.7 Å². The van der Waals surface area contributed by atoms with Gasteiger partial charge in [0.15, 0.2) is 5.82 Å². The molecule has 10 heteroatoms. The van der Waals surface area contributed by atoms with Gasteiger partial charge in [0.1, 0.15) is 5.60 Å². The van der Waals surface area contributed by atoms with Crippen molar-refractivity contribution in [3.63, 3.8) is 0 Å². The molecule has 0 aliphatic carbocycles. The van der Waals surface area contributed by atoms with Gasteiger partial charge in [-0.3, -0.25) is 9.48 Å². The maximum atomic E-state index is 12.5. The third kappa shape index (κ3) is 5.12. The van der Waals surface area contributed by atoms with Crippen molar-refractivity contribution < 1.29 is 14.3 Å². The van der Waals surface area contributed by atoms with E-state index in [1.807, 2.05) is 48.7 Å². The van der Waals surface area contributed by atoms with Crippen molar-refractivity contribution in [2.75, 3.05) is 36.4 Å². The fourth-order valence-corrected chi connectivity index (χ4v) is 3.78. The van der Waals surface area contributed by atoms with E-state index >= 15 is 0 Å². The number of aromatic nitrogens is 4. The highest BCUT2D eigenvalue weighted by Crippen LogP contribution is 2.26. The number of nitrogens with zero attached hydrogens (tertiary/aromatic N) is 6. The van der Waals surface area contributed by atoms with Gasteiger partial charge < -0.3 is 19.9 Å². The minimum atomic E-state index is -0.491. The van der Waals surface area contributed by atoms with E-state index in [2.05, 4.69) is 20.6 Å². The van der Waals surface area contributed by atoms with Gasteiger partial charge in [0, 0.05) is 38.6 Å². The fraction of sp³-hybridized carbons (Fsp3) is 0.571. The standard InChI is InChI=1S/C21H29N7O3/c1-21(2,3)31-20(30)26-9-6-17(7-10-26)28-14-16(11-23-28)24-19(29)15-12-27(13-15)18-5-4-8-22-25-18/h4-5,8,11,14-15,17H,6-7,9-10,12-13H2,1-3H3,(H,24,29). The molecule has 0 unspecified atom stereocenters. The van der Waals surface area contributed by atoms with Crippen LogP contribution in [0.5, 0.6) is 0 Å². The van der Waals surface area contributed by atoms with E-state index in [0.29, 0.717) is 31.9 Å². The zero-order chi connectivity index (χ0) is 22.0. The molecule has 2 aliphatic heterocycles. The third-order valence-electron chi connectivity index (χ3n) is 5.49. The molecule has 0 bridgehead atoms. The summed E-state index contributed by atoms with van der Waals surface area (Å²) in [6, 6.07) is 3.92. The van der Waals surface area contributed by atoms with Crippen LogP contribution in [0, 0.1) is 5.92 Å². The number of carbonyl (C=O) groups is 2. The molecular formula is C21H29N7O3. The van der Waals surface area contributed by atoms with E-state index in [-0.39, 0.29) is 24.0 Å². The zero-order valence-electron chi connectivity index (χ0n) is 18.2. The van der Waals surface area contributed by atoms with E-state index in [4.69, 9.17) is 4.74 Å². The quantitative estimate of drug-likeness (QED) is 0.798. The van der Waals surface area contributed by atoms with Gasteiger partial charge in [-0.2, -0.15) is 10.2 Å². The van der Waals surface area contributed by atoms with Crippen molar-refractivity contribution in [2.24, 2.45) is 5.92 Å². The molecule has 0 radical (unpaired) electrons. The highest BCUT2D eigenvalue weighted by molar-refractivity contribution is 5.94. The number of likely N-dealkylation sites (tertiary alicyclic amines) is 1. The molecule has 2 saturated heterocycles. The summed E-state index contributed by atoms with van der Waals surface area (Å²) in [5.74, 6) is 0.693. The topological polar surface area (TPSA) is 105 Å². The monoisotopic (exact) mass is 427 g/mol. The minimum absolute atomic E-state index is 0.0144. The Bertz CT molecular complexity index is 911. The van der Waals surface area contributed by atoms with Gasteiger partial charge in [0.2, 0.25) is 5.91 Å². The predicted molar refractivity (Wildman–Crippen MR) is 115 cm³/mol. The molecule has 1 N–H and O–H groups in total. The maximum absolute atomic E-state index is 12.5. The normalized spacial score (nSPS) is 17.9. The molecule has 2 amide bonds. The van der Waals surface area contributed by atoms with Crippen LogP contribution < -0.4 is 10.2 Å². The number of hydrogen-bond donors (Lipinski definition) is 1. The summed E-state index contributed by atoms with van der Waals surface area (Å²) in [6.45, 7) is 8.11. The van der Waals surface area contributed by atoms with Gasteiger partial charge in [0.05, 0.1) is 23.8 Å². The Morgan fingerprint density at radius 2 is 1.94 bits per heavy atom. The molecule has 166 valence electrons. The summed E-state index contributed by atoms with van der Waals surface area (Å²) in [5.41, 5.74) is 0.201. The van der Waals surface area contributed by atoms with Crippen LogP contribution >= 0.6 is 0 Å². The number of amides is 2. The Hall–Kier alpha value is -3.17. The van der Waals surface area contributed by atoms with Crippen molar-refractivity contribution in [2.45, 2.75) is 45.3 Å². The van der Waals surface area contributed by atoms with Crippen molar-refractivity contribution in [1.82, 2.24) is 24.9 Å². The predicted octanol–water partition coefficient (Wildman–Crippen LogP) is 2.32. The molecule has 0 spiro atoms. The zero-order valence-corrected chi connectivity index (χ0v) is 18.2. The lowest BCUT2D eigenvalue weighted by Gasteiger charge is -2.38. The Morgan fingerprint density at radius 3 is 2.58 bits per heavy atom. The SMILES string of the molecule is CC(C)(C)OC(=O)N1CCC(n2cc(NC(=O)C3CN(c4cccnn4)C3)cn2)CC1. The van der Waals surface area contributed by atoms with Gasteiger partial charge in [-0.1, -0.05) is 0 Å². The molecule has 10 nitrogen and oxygen atoms in total. The van der Waals surface area contributed by atoms with Crippen LogP contribution in [0.4, 0.5) is 16.3 Å². The first-order chi connectivity index (χ1) is 14.8. The van der Waals surface area contributed by atoms with E-state index in [1.165, 1.54) is 0 Å². The van der Waals surface area contributed by atoms with Crippen molar-refractivity contribution in [3.8, 4) is 0 Å². The highest BCUT2D eigenvalue weighted by atomic mass is 16.6. The number of ether oxygens (including phenoxy) is 1. The molecule has 0 saturated carbocycles. The molecular weight excluding hydrogens is 398 g/mol. The number of nitrogens with one attached hydrogen (secondary N) is 1. The molecule has 2 aliphatic rings. The highest BCUT2D eigenvalue weighted by Gasteiger charge is 2.34. The average molecular weight is 428 g/mol. The minimum Gasteiger partial charge on any atom is -0.444 e. The molecule has 4 rings (SSSR count). The Morgan fingerprint density at radius 1 is 1.19 bits per heavy atom. The van der Waals surface area contributed by atoms with Crippen LogP contribution in [0.1, 0.15) is 39.7 Å². The number of anilines is 2. The molecule has 4 heterocycles. The third-order valence-corrected chi connectivity index (χ3v) is 5.49. The maximum Gasteiger partial charge on any atom is 0.410 e. The van der Waals surface area contributed by atoms with Gasteiger partial charge in [-0.25, -0.2) is 4.79 Å². The second-order valence-electron chi connectivity index (χ2n) is 9.08. The smallest absolute Gasteiger partial charge is 0.410 e. The summed E-state index contributed by atoms with van der Waals surface area (Å²) in [5, 5.41) is 15.3. The average Bonchev–Trinajstić information content (AvgIpc) is 3.15. The summed E-state index contributed by atoms with van der Waals surface area (Å²) >= 11 is 0. The van der Waals surface area contributed by atoms with E-state index < -0.39 is 5.60 Å². The first-order valence-corrected chi connectivity index (χ1v) is 10.6. The van der Waals surface area contributed by atoms with Gasteiger partial charge in [-0.15, -0.1) is 5.10 Å². The molecule has 31 heavy (non-hydrogen) atoms. The van der Waals surface area contributed by atoms with Crippen LogP contribution in [0.15, 0.2) is 30.7 Å². The lowest BCUT2D eigenvalue weighted by Crippen LogP contribution is -2.52. The Labute approximate surface area is 181 Å². The molecule has 2 fully saturated rings. The van der Waals surface area contributed by atoms with Crippen molar-refractivity contribution in [1.29, 1.82) is 0 Å². The summed E-state index contributed by atoms with van der Waals surface area (Å²) in [4.78, 5) is 28.5. The fourth-order valence-electron chi connectivity index (χ4n) is 3.78. The number of hydrogen-bond acceptors (Lipinski definition) is 7. The molecule has 0 atom stereocenters. The summed E-state index contributed by atoms with van der Waals surface area (Å²) in [6.07, 6.45) is 6.50. The van der Waals surface area contributed by atoms with Gasteiger partial charge in [0.25, 0.3) is 0 Å². The number of piperidine rings is 1. The van der Waals surface area contributed by atoms with Crippen LogP contribution in [0.2, 0.25) is 0 Å². The number of carbonyl (C=O) groups excluding carboxylic acids is 2. The van der Waals surface area contributed by atoms with E-state index in [1.54, 1.807) is 17.3 Å². The Kier molecular flexibility index (Phi) is 5.79. The van der Waals surface area contributed by atoms with Gasteiger partial charge >= 0.3 is 6.09 Å². The summed E-state index contributed by atoms with van der Waals surface area (Å²) in [7, 11) is 0. The molecule has 2 aromatic rings. The van der Waals surface area contributed by atoms with Crippen LogP contribution in [0.3, 0.4) is 0 Å². The van der Waals surface area contributed by atoms with E-state index in [0.717, 1.165) is 18.7 Å². The van der Waals surface area contributed by atoms with Crippen molar-refractivity contribution >= 4 is 23.5 Å². The molecule has 0 aromatic carbocycles.